The Hall–Kier alpha value is -2.31. The summed E-state index contributed by atoms with van der Waals surface area (Å²) in [7, 11) is 1.57. The van der Waals surface area contributed by atoms with Gasteiger partial charge in [0, 0.05) is 11.3 Å². The lowest BCUT2D eigenvalue weighted by Gasteiger charge is -2.06. The summed E-state index contributed by atoms with van der Waals surface area (Å²) in [6.07, 6.45) is 1.59. The molecule has 0 saturated carbocycles. The maximum Gasteiger partial charge on any atom is 0.180 e. The van der Waals surface area contributed by atoms with Gasteiger partial charge in [0.1, 0.15) is 5.75 Å². The second-order valence-electron chi connectivity index (χ2n) is 4.69. The Morgan fingerprint density at radius 1 is 1.26 bits per heavy atom. The fourth-order valence-corrected chi connectivity index (χ4v) is 2.53. The molecular weight excluding hydrogens is 310 g/mol. The standard InChI is InChI=1S/C17H19N3O2S/c1-22-16-8-7-14(9-15(16)11-21)10-19-20-17(18)23-12-13-5-3-2-4-6-13/h2-10,21H,11-12H2,1H3,(H2,18,20). The van der Waals surface area contributed by atoms with E-state index in [1.54, 1.807) is 25.5 Å². The molecule has 0 bridgehead atoms. The number of amidine groups is 1. The molecule has 0 unspecified atom stereocenters. The number of thioether (sulfide) groups is 1. The molecule has 0 radical (unpaired) electrons. The molecule has 120 valence electrons. The summed E-state index contributed by atoms with van der Waals surface area (Å²) in [4.78, 5) is 0. The normalized spacial score (nSPS) is 11.8. The molecule has 0 heterocycles. The zero-order valence-electron chi connectivity index (χ0n) is 12.8. The SMILES string of the molecule is COc1ccc(C=NN=C(N)SCc2ccccc2)cc1CO. The van der Waals surface area contributed by atoms with Crippen molar-refractivity contribution in [2.24, 2.45) is 15.9 Å². The summed E-state index contributed by atoms with van der Waals surface area (Å²) in [5.41, 5.74) is 8.53. The average molecular weight is 329 g/mol. The summed E-state index contributed by atoms with van der Waals surface area (Å²) in [5.74, 6) is 1.40. The van der Waals surface area contributed by atoms with Crippen molar-refractivity contribution in [3.8, 4) is 5.75 Å². The maximum atomic E-state index is 9.29. The van der Waals surface area contributed by atoms with E-state index >= 15 is 0 Å². The topological polar surface area (TPSA) is 80.2 Å². The molecule has 0 fully saturated rings. The van der Waals surface area contributed by atoms with Crippen LogP contribution in [0.1, 0.15) is 16.7 Å². The molecule has 23 heavy (non-hydrogen) atoms. The Kier molecular flexibility index (Phi) is 6.65. The van der Waals surface area contributed by atoms with Crippen LogP contribution in [0.25, 0.3) is 0 Å². The van der Waals surface area contributed by atoms with Crippen molar-refractivity contribution in [2.45, 2.75) is 12.4 Å². The van der Waals surface area contributed by atoms with Gasteiger partial charge < -0.3 is 15.6 Å². The van der Waals surface area contributed by atoms with E-state index in [9.17, 15) is 5.11 Å². The first-order valence-corrected chi connectivity index (χ1v) is 8.02. The molecule has 2 rings (SSSR count). The Morgan fingerprint density at radius 3 is 2.74 bits per heavy atom. The van der Waals surface area contributed by atoms with Gasteiger partial charge in [-0.05, 0) is 29.3 Å². The third kappa shape index (κ3) is 5.43. The van der Waals surface area contributed by atoms with E-state index in [2.05, 4.69) is 10.2 Å². The number of benzene rings is 2. The molecule has 0 aromatic heterocycles. The largest absolute Gasteiger partial charge is 0.496 e. The highest BCUT2D eigenvalue weighted by molar-refractivity contribution is 8.13. The van der Waals surface area contributed by atoms with Crippen molar-refractivity contribution in [1.29, 1.82) is 0 Å². The third-order valence-electron chi connectivity index (χ3n) is 3.07. The van der Waals surface area contributed by atoms with E-state index in [0.29, 0.717) is 16.5 Å². The zero-order valence-corrected chi connectivity index (χ0v) is 13.7. The van der Waals surface area contributed by atoms with Gasteiger partial charge in [0.05, 0.1) is 19.9 Å². The monoisotopic (exact) mass is 329 g/mol. The smallest absolute Gasteiger partial charge is 0.180 e. The lowest BCUT2D eigenvalue weighted by Crippen LogP contribution is -2.06. The number of methoxy groups -OCH3 is 1. The van der Waals surface area contributed by atoms with Crippen LogP contribution in [0.4, 0.5) is 0 Å². The number of aliphatic hydroxyl groups excluding tert-OH is 1. The van der Waals surface area contributed by atoms with Gasteiger partial charge in [0.2, 0.25) is 0 Å². The van der Waals surface area contributed by atoms with Crippen LogP contribution >= 0.6 is 11.8 Å². The number of nitrogens with zero attached hydrogens (tertiary/aromatic N) is 2. The molecule has 0 aliphatic rings. The van der Waals surface area contributed by atoms with E-state index in [4.69, 9.17) is 10.5 Å². The van der Waals surface area contributed by atoms with Crippen LogP contribution < -0.4 is 10.5 Å². The van der Waals surface area contributed by atoms with E-state index in [1.165, 1.54) is 17.3 Å². The number of aliphatic hydroxyl groups is 1. The van der Waals surface area contributed by atoms with E-state index in [0.717, 1.165) is 11.3 Å². The van der Waals surface area contributed by atoms with Gasteiger partial charge in [-0.1, -0.05) is 42.1 Å². The number of rotatable bonds is 6. The second-order valence-corrected chi connectivity index (χ2v) is 5.68. The molecule has 2 aromatic carbocycles. The highest BCUT2D eigenvalue weighted by Crippen LogP contribution is 2.19. The molecule has 0 amide bonds. The summed E-state index contributed by atoms with van der Waals surface area (Å²) >= 11 is 1.43. The summed E-state index contributed by atoms with van der Waals surface area (Å²) < 4.78 is 5.15. The average Bonchev–Trinajstić information content (AvgIpc) is 2.60. The minimum Gasteiger partial charge on any atom is -0.496 e. The van der Waals surface area contributed by atoms with Gasteiger partial charge in [0.15, 0.2) is 5.17 Å². The predicted molar refractivity (Wildman–Crippen MR) is 95.9 cm³/mol. The third-order valence-corrected chi connectivity index (χ3v) is 3.92. The highest BCUT2D eigenvalue weighted by Gasteiger charge is 2.02. The molecule has 0 aliphatic carbocycles. The van der Waals surface area contributed by atoms with Crippen molar-refractivity contribution < 1.29 is 9.84 Å². The summed E-state index contributed by atoms with van der Waals surface area (Å²) in [5, 5.41) is 17.6. The number of hydrogen-bond donors (Lipinski definition) is 2. The lowest BCUT2D eigenvalue weighted by atomic mass is 10.1. The van der Waals surface area contributed by atoms with Crippen LogP contribution in [0, 0.1) is 0 Å². The fourth-order valence-electron chi connectivity index (χ4n) is 1.92. The number of ether oxygens (including phenoxy) is 1. The first-order chi connectivity index (χ1) is 11.2. The van der Waals surface area contributed by atoms with Gasteiger partial charge in [-0.25, -0.2) is 0 Å². The Morgan fingerprint density at radius 2 is 2.04 bits per heavy atom. The van der Waals surface area contributed by atoms with Crippen molar-refractivity contribution in [1.82, 2.24) is 0 Å². The molecular formula is C17H19N3O2S. The molecule has 0 atom stereocenters. The fraction of sp³-hybridized carbons (Fsp3) is 0.176. The van der Waals surface area contributed by atoms with Gasteiger partial charge in [-0.15, -0.1) is 5.10 Å². The number of hydrogen-bond acceptors (Lipinski definition) is 5. The predicted octanol–water partition coefficient (Wildman–Crippen LogP) is 2.77. The highest BCUT2D eigenvalue weighted by atomic mass is 32.2. The zero-order chi connectivity index (χ0) is 16.5. The minimum absolute atomic E-state index is 0.0941. The van der Waals surface area contributed by atoms with Crippen LogP contribution in [0.5, 0.6) is 5.75 Å². The van der Waals surface area contributed by atoms with Gasteiger partial charge >= 0.3 is 0 Å². The molecule has 3 N–H and O–H groups in total. The molecule has 0 saturated heterocycles. The molecule has 6 heteroatoms. The Balaban J connectivity index is 1.94. The van der Waals surface area contributed by atoms with Crippen molar-refractivity contribution in [3.05, 3.63) is 65.2 Å². The van der Waals surface area contributed by atoms with Crippen LogP contribution in [0.2, 0.25) is 0 Å². The molecule has 2 aromatic rings. The molecule has 0 spiro atoms. The summed E-state index contributed by atoms with van der Waals surface area (Å²) in [6, 6.07) is 15.5. The molecule has 0 aliphatic heterocycles. The van der Waals surface area contributed by atoms with Crippen LogP contribution in [-0.2, 0) is 12.4 Å². The first kappa shape index (κ1) is 17.1. The second kappa shape index (κ2) is 8.97. The quantitative estimate of drug-likeness (QED) is 0.485. The van der Waals surface area contributed by atoms with Crippen LogP contribution in [0.15, 0.2) is 58.7 Å². The summed E-state index contributed by atoms with van der Waals surface area (Å²) in [6.45, 7) is -0.0941. The van der Waals surface area contributed by atoms with Gasteiger partial charge in [-0.3, -0.25) is 0 Å². The number of nitrogens with two attached hydrogens (primary N) is 1. The van der Waals surface area contributed by atoms with E-state index < -0.39 is 0 Å². The molecule has 5 nitrogen and oxygen atoms in total. The van der Waals surface area contributed by atoms with Crippen molar-refractivity contribution >= 4 is 23.1 Å². The van der Waals surface area contributed by atoms with E-state index in [-0.39, 0.29) is 6.61 Å². The maximum absolute atomic E-state index is 9.29. The van der Waals surface area contributed by atoms with Crippen molar-refractivity contribution in [2.75, 3.05) is 7.11 Å². The Bertz CT molecular complexity index is 687. The van der Waals surface area contributed by atoms with Gasteiger partial charge in [-0.2, -0.15) is 5.10 Å². The van der Waals surface area contributed by atoms with Gasteiger partial charge in [0.25, 0.3) is 0 Å². The Labute approximate surface area is 139 Å². The minimum atomic E-state index is -0.0941. The first-order valence-electron chi connectivity index (χ1n) is 7.04. The van der Waals surface area contributed by atoms with Crippen molar-refractivity contribution in [3.63, 3.8) is 0 Å². The lowest BCUT2D eigenvalue weighted by molar-refractivity contribution is 0.274. The van der Waals surface area contributed by atoms with Crippen LogP contribution in [0.3, 0.4) is 0 Å². The van der Waals surface area contributed by atoms with E-state index in [1.807, 2.05) is 36.4 Å². The van der Waals surface area contributed by atoms with Crippen LogP contribution in [-0.4, -0.2) is 23.6 Å².